The van der Waals surface area contributed by atoms with Crippen LogP contribution in [0.25, 0.3) is 0 Å². The third-order valence-electron chi connectivity index (χ3n) is 3.33. The molecule has 0 radical (unpaired) electrons. The van der Waals surface area contributed by atoms with Crippen LogP contribution in [-0.4, -0.2) is 10.2 Å². The summed E-state index contributed by atoms with van der Waals surface area (Å²) in [5, 5.41) is 8.05. The molecule has 0 aliphatic heterocycles. The highest BCUT2D eigenvalue weighted by Gasteiger charge is 2.38. The van der Waals surface area contributed by atoms with Crippen molar-refractivity contribution in [2.75, 3.05) is 0 Å². The van der Waals surface area contributed by atoms with Gasteiger partial charge in [0.15, 0.2) is 0 Å². The average molecular weight is 195 g/mol. The second-order valence-corrected chi connectivity index (χ2v) is 4.05. The van der Waals surface area contributed by atoms with E-state index in [0.29, 0.717) is 12.4 Å². The van der Waals surface area contributed by atoms with E-state index < -0.39 is 0 Å². The van der Waals surface area contributed by atoms with Gasteiger partial charge >= 0.3 is 0 Å². The molecule has 2 N–H and O–H groups in total. The fraction of sp³-hybridized carbons (Fsp3) is 0.800. The zero-order chi connectivity index (χ0) is 10.0. The Labute approximate surface area is 83.9 Å². The van der Waals surface area contributed by atoms with E-state index in [1.54, 1.807) is 0 Å². The van der Waals surface area contributed by atoms with Crippen LogP contribution in [0.2, 0.25) is 0 Å². The van der Waals surface area contributed by atoms with Crippen LogP contribution in [0.1, 0.15) is 50.8 Å². The van der Waals surface area contributed by atoms with Crippen LogP contribution in [0.5, 0.6) is 0 Å². The lowest BCUT2D eigenvalue weighted by Gasteiger charge is -2.22. The van der Waals surface area contributed by atoms with Crippen molar-refractivity contribution < 1.29 is 4.42 Å². The fourth-order valence-corrected chi connectivity index (χ4v) is 2.32. The third kappa shape index (κ3) is 1.43. The first-order chi connectivity index (χ1) is 6.80. The van der Waals surface area contributed by atoms with Crippen molar-refractivity contribution in [3.8, 4) is 0 Å². The normalized spacial score (nSPS) is 20.1. The van der Waals surface area contributed by atoms with Crippen LogP contribution in [0.3, 0.4) is 0 Å². The molecule has 0 aromatic carbocycles. The van der Waals surface area contributed by atoms with Gasteiger partial charge < -0.3 is 10.2 Å². The molecule has 78 valence electrons. The van der Waals surface area contributed by atoms with Gasteiger partial charge in [0.1, 0.15) is 0 Å². The summed E-state index contributed by atoms with van der Waals surface area (Å²) in [6, 6.07) is 0. The van der Waals surface area contributed by atoms with E-state index in [-0.39, 0.29) is 5.41 Å². The van der Waals surface area contributed by atoms with Crippen LogP contribution in [0.15, 0.2) is 4.42 Å². The minimum absolute atomic E-state index is 0.153. The Balaban J connectivity index is 2.26. The summed E-state index contributed by atoms with van der Waals surface area (Å²) in [6.45, 7) is 2.53. The van der Waals surface area contributed by atoms with Crippen molar-refractivity contribution in [3.63, 3.8) is 0 Å². The van der Waals surface area contributed by atoms with Gasteiger partial charge in [-0.1, -0.05) is 19.8 Å². The van der Waals surface area contributed by atoms with Crippen molar-refractivity contribution in [3.05, 3.63) is 11.8 Å². The van der Waals surface area contributed by atoms with Crippen molar-refractivity contribution in [2.45, 2.75) is 51.0 Å². The summed E-state index contributed by atoms with van der Waals surface area (Å²) >= 11 is 0. The molecule has 1 aliphatic rings. The summed E-state index contributed by atoms with van der Waals surface area (Å²) in [7, 11) is 0. The molecular weight excluding hydrogens is 178 g/mol. The zero-order valence-electron chi connectivity index (χ0n) is 8.62. The highest BCUT2D eigenvalue weighted by molar-refractivity contribution is 5.06. The quantitative estimate of drug-likeness (QED) is 0.798. The van der Waals surface area contributed by atoms with Crippen molar-refractivity contribution >= 4 is 0 Å². The maximum absolute atomic E-state index is 5.56. The molecule has 0 bridgehead atoms. The van der Waals surface area contributed by atoms with Gasteiger partial charge in [-0.3, -0.25) is 0 Å². The number of nitrogens with zero attached hydrogens (tertiary/aromatic N) is 2. The van der Waals surface area contributed by atoms with Gasteiger partial charge in [0, 0.05) is 5.41 Å². The molecule has 0 unspecified atom stereocenters. The number of nitrogens with two attached hydrogens (primary N) is 1. The second-order valence-electron chi connectivity index (χ2n) is 4.05. The lowest BCUT2D eigenvalue weighted by atomic mass is 9.83. The van der Waals surface area contributed by atoms with E-state index in [4.69, 9.17) is 10.2 Å². The van der Waals surface area contributed by atoms with E-state index in [9.17, 15) is 0 Å². The molecule has 0 spiro atoms. The molecule has 1 aromatic heterocycles. The third-order valence-corrected chi connectivity index (χ3v) is 3.33. The van der Waals surface area contributed by atoms with Crippen LogP contribution >= 0.6 is 0 Å². The molecule has 4 nitrogen and oxygen atoms in total. The molecule has 1 aliphatic carbocycles. The first kappa shape index (κ1) is 9.65. The molecule has 1 aromatic rings. The summed E-state index contributed by atoms with van der Waals surface area (Å²) in [5.41, 5.74) is 5.60. The highest BCUT2D eigenvalue weighted by Crippen LogP contribution is 2.42. The number of hydrogen-bond donors (Lipinski definition) is 1. The monoisotopic (exact) mass is 195 g/mol. The van der Waals surface area contributed by atoms with Crippen molar-refractivity contribution in [1.29, 1.82) is 0 Å². The standard InChI is InChI=1S/C10H17N3O/c1-2-10(5-3-4-6-10)9-13-12-8(7-11)14-9/h2-7,11H2,1H3. The minimum atomic E-state index is 0.153. The fourth-order valence-electron chi connectivity index (χ4n) is 2.32. The Morgan fingerprint density at radius 3 is 2.57 bits per heavy atom. The lowest BCUT2D eigenvalue weighted by molar-refractivity contribution is 0.306. The molecule has 14 heavy (non-hydrogen) atoms. The van der Waals surface area contributed by atoms with E-state index in [2.05, 4.69) is 17.1 Å². The van der Waals surface area contributed by atoms with Crippen LogP contribution in [-0.2, 0) is 12.0 Å². The van der Waals surface area contributed by atoms with Gasteiger partial charge in [-0.15, -0.1) is 10.2 Å². The second kappa shape index (κ2) is 3.69. The Morgan fingerprint density at radius 2 is 2.07 bits per heavy atom. The highest BCUT2D eigenvalue weighted by atomic mass is 16.4. The SMILES string of the molecule is CCC1(c2nnc(CN)o2)CCCC1. The molecular formula is C10H17N3O. The van der Waals surface area contributed by atoms with Crippen molar-refractivity contribution in [1.82, 2.24) is 10.2 Å². The molecule has 1 heterocycles. The van der Waals surface area contributed by atoms with E-state index in [1.807, 2.05) is 0 Å². The predicted octanol–water partition coefficient (Wildman–Crippen LogP) is 1.75. The molecule has 4 heteroatoms. The molecule has 0 saturated heterocycles. The molecule has 0 atom stereocenters. The van der Waals surface area contributed by atoms with Gasteiger partial charge in [0.05, 0.1) is 6.54 Å². The molecule has 2 rings (SSSR count). The number of rotatable bonds is 3. The van der Waals surface area contributed by atoms with E-state index >= 15 is 0 Å². The number of hydrogen-bond acceptors (Lipinski definition) is 4. The summed E-state index contributed by atoms with van der Waals surface area (Å²) in [6.07, 6.45) is 5.98. The zero-order valence-corrected chi connectivity index (χ0v) is 8.62. The summed E-state index contributed by atoms with van der Waals surface area (Å²) in [4.78, 5) is 0. The predicted molar refractivity (Wildman–Crippen MR) is 52.6 cm³/mol. The largest absolute Gasteiger partial charge is 0.423 e. The van der Waals surface area contributed by atoms with Crippen molar-refractivity contribution in [2.24, 2.45) is 5.73 Å². The Bertz CT molecular complexity index is 302. The minimum Gasteiger partial charge on any atom is -0.423 e. The van der Waals surface area contributed by atoms with Crippen LogP contribution in [0, 0.1) is 0 Å². The summed E-state index contributed by atoms with van der Waals surface area (Å²) < 4.78 is 5.56. The van der Waals surface area contributed by atoms with Gasteiger partial charge in [-0.05, 0) is 19.3 Å². The maximum atomic E-state index is 5.56. The lowest BCUT2D eigenvalue weighted by Crippen LogP contribution is -2.21. The van der Waals surface area contributed by atoms with Gasteiger partial charge in [-0.2, -0.15) is 0 Å². The Kier molecular flexibility index (Phi) is 2.54. The van der Waals surface area contributed by atoms with Gasteiger partial charge in [0.2, 0.25) is 11.8 Å². The first-order valence-corrected chi connectivity index (χ1v) is 5.34. The number of aromatic nitrogens is 2. The Morgan fingerprint density at radius 1 is 1.36 bits per heavy atom. The smallest absolute Gasteiger partial charge is 0.230 e. The average Bonchev–Trinajstić information content (AvgIpc) is 2.87. The van der Waals surface area contributed by atoms with Crippen LogP contribution < -0.4 is 5.73 Å². The maximum Gasteiger partial charge on any atom is 0.230 e. The molecule has 1 saturated carbocycles. The summed E-state index contributed by atoms with van der Waals surface area (Å²) in [5.74, 6) is 1.36. The van der Waals surface area contributed by atoms with E-state index in [1.165, 1.54) is 25.7 Å². The van der Waals surface area contributed by atoms with Gasteiger partial charge in [0.25, 0.3) is 0 Å². The first-order valence-electron chi connectivity index (χ1n) is 5.34. The van der Waals surface area contributed by atoms with Gasteiger partial charge in [-0.25, -0.2) is 0 Å². The molecule has 0 amide bonds. The molecule has 1 fully saturated rings. The topological polar surface area (TPSA) is 64.9 Å². The Hall–Kier alpha value is -0.900. The van der Waals surface area contributed by atoms with E-state index in [0.717, 1.165) is 12.3 Å². The van der Waals surface area contributed by atoms with Crippen LogP contribution in [0.4, 0.5) is 0 Å².